The van der Waals surface area contributed by atoms with Crippen molar-refractivity contribution in [2.75, 3.05) is 0 Å². The van der Waals surface area contributed by atoms with E-state index in [0.717, 1.165) is 0 Å². The molecule has 0 radical (unpaired) electrons. The summed E-state index contributed by atoms with van der Waals surface area (Å²) in [4.78, 5) is 0.160. The second-order valence-corrected chi connectivity index (χ2v) is 7.12. The molecule has 0 saturated carbocycles. The van der Waals surface area contributed by atoms with Gasteiger partial charge in [0.2, 0.25) is 10.0 Å². The van der Waals surface area contributed by atoms with Gasteiger partial charge < -0.3 is 0 Å². The van der Waals surface area contributed by atoms with E-state index >= 15 is 0 Å². The molecule has 0 saturated heterocycles. The SMILES string of the molecule is CCC(CC#N)NS(=O)(=O)c1cc(Br)ccc1Br. The molecule has 0 aliphatic carbocycles. The van der Waals surface area contributed by atoms with Gasteiger partial charge in [-0.05, 0) is 40.5 Å². The van der Waals surface area contributed by atoms with Gasteiger partial charge in [-0.25, -0.2) is 13.1 Å². The van der Waals surface area contributed by atoms with Crippen LogP contribution in [0.1, 0.15) is 19.8 Å². The number of nitrogens with zero attached hydrogens (tertiary/aromatic N) is 1. The summed E-state index contributed by atoms with van der Waals surface area (Å²) in [7, 11) is -3.62. The van der Waals surface area contributed by atoms with Crippen LogP contribution in [0.25, 0.3) is 0 Å². The Kier molecular flexibility index (Phi) is 5.79. The van der Waals surface area contributed by atoms with Crippen molar-refractivity contribution in [3.05, 3.63) is 27.1 Å². The summed E-state index contributed by atoms with van der Waals surface area (Å²) in [6, 6.07) is 6.52. The maximum Gasteiger partial charge on any atom is 0.242 e. The van der Waals surface area contributed by atoms with Crippen LogP contribution in [0.5, 0.6) is 0 Å². The lowest BCUT2D eigenvalue weighted by molar-refractivity contribution is 0.542. The van der Waals surface area contributed by atoms with Gasteiger partial charge in [-0.15, -0.1) is 0 Å². The standard InChI is InChI=1S/C11H12Br2N2O2S/c1-2-9(5-6-14)15-18(16,17)11-7-8(12)3-4-10(11)13/h3-4,7,9,15H,2,5H2,1H3. The van der Waals surface area contributed by atoms with Gasteiger partial charge in [0.05, 0.1) is 17.4 Å². The summed E-state index contributed by atoms with van der Waals surface area (Å²) in [5, 5.41) is 8.63. The molecule has 1 rings (SSSR count). The molecule has 1 atom stereocenters. The Bertz CT molecular complexity index is 567. The van der Waals surface area contributed by atoms with Crippen LogP contribution in [-0.4, -0.2) is 14.5 Å². The van der Waals surface area contributed by atoms with E-state index in [1.54, 1.807) is 12.1 Å². The Morgan fingerprint density at radius 2 is 2.11 bits per heavy atom. The molecule has 0 bridgehead atoms. The quantitative estimate of drug-likeness (QED) is 0.832. The van der Waals surface area contributed by atoms with E-state index in [4.69, 9.17) is 5.26 Å². The van der Waals surface area contributed by atoms with Gasteiger partial charge in [0, 0.05) is 15.0 Å². The summed E-state index contributed by atoms with van der Waals surface area (Å²) in [6.45, 7) is 1.83. The third-order valence-corrected chi connectivity index (χ3v) is 5.34. The molecule has 1 N–H and O–H groups in total. The molecule has 18 heavy (non-hydrogen) atoms. The Hall–Kier alpha value is -0.420. The fraction of sp³-hybridized carbons (Fsp3) is 0.364. The highest BCUT2D eigenvalue weighted by Crippen LogP contribution is 2.25. The van der Waals surface area contributed by atoms with E-state index in [0.29, 0.717) is 15.4 Å². The van der Waals surface area contributed by atoms with Crippen LogP contribution in [0, 0.1) is 11.3 Å². The first-order valence-corrected chi connectivity index (χ1v) is 8.32. The molecule has 0 fully saturated rings. The zero-order chi connectivity index (χ0) is 13.8. The van der Waals surface area contributed by atoms with Gasteiger partial charge >= 0.3 is 0 Å². The molecule has 98 valence electrons. The van der Waals surface area contributed by atoms with Crippen LogP contribution in [0.3, 0.4) is 0 Å². The first kappa shape index (κ1) is 15.6. The predicted octanol–water partition coefficient (Wildman–Crippen LogP) is 3.18. The number of hydrogen-bond acceptors (Lipinski definition) is 3. The van der Waals surface area contributed by atoms with E-state index in [1.165, 1.54) is 6.07 Å². The van der Waals surface area contributed by atoms with Crippen molar-refractivity contribution in [1.29, 1.82) is 5.26 Å². The van der Waals surface area contributed by atoms with Gasteiger partial charge in [-0.3, -0.25) is 0 Å². The lowest BCUT2D eigenvalue weighted by atomic mass is 10.2. The molecular formula is C11H12Br2N2O2S. The van der Waals surface area contributed by atoms with Crippen molar-refractivity contribution >= 4 is 41.9 Å². The van der Waals surface area contributed by atoms with E-state index in [9.17, 15) is 8.42 Å². The average Bonchev–Trinajstić information content (AvgIpc) is 2.31. The second kappa shape index (κ2) is 6.66. The van der Waals surface area contributed by atoms with Crippen LogP contribution in [0.15, 0.2) is 32.0 Å². The van der Waals surface area contributed by atoms with E-state index in [2.05, 4.69) is 36.6 Å². The molecule has 0 aromatic heterocycles. The molecule has 0 amide bonds. The van der Waals surface area contributed by atoms with Crippen molar-refractivity contribution in [2.24, 2.45) is 0 Å². The molecule has 4 nitrogen and oxygen atoms in total. The highest BCUT2D eigenvalue weighted by molar-refractivity contribution is 9.11. The van der Waals surface area contributed by atoms with Crippen LogP contribution in [-0.2, 0) is 10.0 Å². The zero-order valence-electron chi connectivity index (χ0n) is 9.65. The number of nitriles is 1. The number of halogens is 2. The van der Waals surface area contributed by atoms with Crippen molar-refractivity contribution in [2.45, 2.75) is 30.7 Å². The fourth-order valence-corrected chi connectivity index (χ4v) is 4.17. The van der Waals surface area contributed by atoms with Crippen LogP contribution in [0.4, 0.5) is 0 Å². The molecule has 1 aromatic rings. The summed E-state index contributed by atoms with van der Waals surface area (Å²) in [6.07, 6.45) is 0.722. The van der Waals surface area contributed by atoms with Crippen molar-refractivity contribution in [1.82, 2.24) is 4.72 Å². The number of hydrogen-bond donors (Lipinski definition) is 1. The highest BCUT2D eigenvalue weighted by Gasteiger charge is 2.21. The molecule has 0 spiro atoms. The minimum atomic E-state index is -3.62. The molecule has 1 unspecified atom stereocenters. The lowest BCUT2D eigenvalue weighted by Gasteiger charge is -2.15. The summed E-state index contributed by atoms with van der Waals surface area (Å²) in [5.41, 5.74) is 0. The van der Waals surface area contributed by atoms with E-state index < -0.39 is 10.0 Å². The number of benzene rings is 1. The lowest BCUT2D eigenvalue weighted by Crippen LogP contribution is -2.34. The molecular weight excluding hydrogens is 384 g/mol. The van der Waals surface area contributed by atoms with Crippen LogP contribution in [0.2, 0.25) is 0 Å². The number of rotatable bonds is 5. The Balaban J connectivity index is 3.06. The van der Waals surface area contributed by atoms with E-state index in [1.807, 2.05) is 13.0 Å². The largest absolute Gasteiger partial charge is 0.242 e. The first-order chi connectivity index (χ1) is 8.40. The van der Waals surface area contributed by atoms with Gasteiger partial charge in [-0.1, -0.05) is 22.9 Å². The van der Waals surface area contributed by atoms with Gasteiger partial charge in [0.25, 0.3) is 0 Å². The fourth-order valence-electron chi connectivity index (χ4n) is 1.35. The predicted molar refractivity (Wildman–Crippen MR) is 76.5 cm³/mol. The average molecular weight is 396 g/mol. The molecule has 0 aliphatic heterocycles. The first-order valence-electron chi connectivity index (χ1n) is 5.25. The Labute approximate surface area is 124 Å². The molecule has 7 heteroatoms. The summed E-state index contributed by atoms with van der Waals surface area (Å²) < 4.78 is 28.1. The molecule has 0 heterocycles. The maximum absolute atomic E-state index is 12.2. The number of nitrogens with one attached hydrogen (secondary N) is 1. The second-order valence-electron chi connectivity index (χ2n) is 3.66. The third kappa shape index (κ3) is 4.05. The Morgan fingerprint density at radius 1 is 1.44 bits per heavy atom. The smallest absolute Gasteiger partial charge is 0.207 e. The van der Waals surface area contributed by atoms with Gasteiger partial charge in [0.1, 0.15) is 0 Å². The number of sulfonamides is 1. The molecule has 0 aliphatic rings. The normalized spacial score (nSPS) is 13.0. The van der Waals surface area contributed by atoms with Crippen LogP contribution < -0.4 is 4.72 Å². The van der Waals surface area contributed by atoms with Crippen molar-refractivity contribution in [3.63, 3.8) is 0 Å². The van der Waals surface area contributed by atoms with Crippen molar-refractivity contribution < 1.29 is 8.42 Å². The highest BCUT2D eigenvalue weighted by atomic mass is 79.9. The Morgan fingerprint density at radius 3 is 2.67 bits per heavy atom. The van der Waals surface area contributed by atoms with Crippen molar-refractivity contribution in [3.8, 4) is 6.07 Å². The minimum Gasteiger partial charge on any atom is -0.207 e. The van der Waals surface area contributed by atoms with Gasteiger partial charge in [-0.2, -0.15) is 5.26 Å². The molecule has 1 aromatic carbocycles. The van der Waals surface area contributed by atoms with Crippen LogP contribution >= 0.6 is 31.9 Å². The van der Waals surface area contributed by atoms with Gasteiger partial charge in [0.15, 0.2) is 0 Å². The third-order valence-electron chi connectivity index (χ3n) is 2.34. The monoisotopic (exact) mass is 394 g/mol. The minimum absolute atomic E-state index is 0.154. The summed E-state index contributed by atoms with van der Waals surface area (Å²) >= 11 is 6.45. The zero-order valence-corrected chi connectivity index (χ0v) is 13.6. The topological polar surface area (TPSA) is 70.0 Å². The summed E-state index contributed by atoms with van der Waals surface area (Å²) in [5.74, 6) is 0. The van der Waals surface area contributed by atoms with E-state index in [-0.39, 0.29) is 17.4 Å². The maximum atomic E-state index is 12.2.